The van der Waals surface area contributed by atoms with E-state index in [0.29, 0.717) is 5.02 Å². The normalized spacial score (nSPS) is 11.1. The monoisotopic (exact) mass is 313 g/mol. The Morgan fingerprint density at radius 2 is 1.90 bits per heavy atom. The van der Waals surface area contributed by atoms with Crippen LogP contribution in [-0.4, -0.2) is 20.6 Å². The molecule has 0 atom stereocenters. The Morgan fingerprint density at radius 1 is 1.20 bits per heavy atom. The van der Waals surface area contributed by atoms with Crippen LogP contribution in [0.2, 0.25) is 5.02 Å². The zero-order valence-electron chi connectivity index (χ0n) is 10.5. The molecule has 2 rings (SSSR count). The summed E-state index contributed by atoms with van der Waals surface area (Å²) >= 11 is 5.85. The summed E-state index contributed by atoms with van der Waals surface area (Å²) in [4.78, 5) is -0.0120. The molecule has 0 aromatic heterocycles. The average molecular weight is 314 g/mol. The highest BCUT2D eigenvalue weighted by atomic mass is 35.5. The van der Waals surface area contributed by atoms with E-state index in [1.165, 1.54) is 37.4 Å². The van der Waals surface area contributed by atoms with Crippen molar-refractivity contribution in [1.29, 1.82) is 0 Å². The molecule has 5 nitrogen and oxygen atoms in total. The molecule has 0 unspecified atom stereocenters. The SMILES string of the molecule is COc1cc(S(=O)(=O)Nc2ccccc2O)ccc1Cl. The first-order valence-corrected chi connectivity index (χ1v) is 7.44. The van der Waals surface area contributed by atoms with Crippen molar-refractivity contribution in [1.82, 2.24) is 0 Å². The largest absolute Gasteiger partial charge is 0.506 e. The smallest absolute Gasteiger partial charge is 0.262 e. The molecular formula is C13H12ClNO4S. The highest BCUT2D eigenvalue weighted by Gasteiger charge is 2.17. The van der Waals surface area contributed by atoms with Crippen molar-refractivity contribution < 1.29 is 18.3 Å². The van der Waals surface area contributed by atoms with Gasteiger partial charge in [-0.2, -0.15) is 0 Å². The van der Waals surface area contributed by atoms with Crippen LogP contribution in [0.15, 0.2) is 47.4 Å². The summed E-state index contributed by atoms with van der Waals surface area (Å²) in [5, 5.41) is 9.91. The van der Waals surface area contributed by atoms with Gasteiger partial charge in [0.15, 0.2) is 0 Å². The zero-order valence-corrected chi connectivity index (χ0v) is 12.1. The van der Waals surface area contributed by atoms with Crippen LogP contribution in [0, 0.1) is 0 Å². The van der Waals surface area contributed by atoms with Gasteiger partial charge in [-0.15, -0.1) is 0 Å². The molecule has 0 saturated carbocycles. The molecule has 2 N–H and O–H groups in total. The lowest BCUT2D eigenvalue weighted by atomic mass is 10.3. The van der Waals surface area contributed by atoms with Crippen LogP contribution in [0.1, 0.15) is 0 Å². The van der Waals surface area contributed by atoms with E-state index in [-0.39, 0.29) is 22.1 Å². The number of hydrogen-bond donors (Lipinski definition) is 2. The number of rotatable bonds is 4. The van der Waals surface area contributed by atoms with Gasteiger partial charge in [-0.25, -0.2) is 8.42 Å². The number of aromatic hydroxyl groups is 1. The van der Waals surface area contributed by atoms with Gasteiger partial charge in [0, 0.05) is 6.07 Å². The Kier molecular flexibility index (Phi) is 4.06. The third-order valence-electron chi connectivity index (χ3n) is 2.58. The summed E-state index contributed by atoms with van der Waals surface area (Å²) < 4.78 is 31.7. The predicted molar refractivity (Wildman–Crippen MR) is 76.9 cm³/mol. The van der Waals surface area contributed by atoms with Gasteiger partial charge in [0.2, 0.25) is 0 Å². The standard InChI is InChI=1S/C13H12ClNO4S/c1-19-13-8-9(6-7-10(13)14)20(17,18)15-11-4-2-3-5-12(11)16/h2-8,15-16H,1H3. The molecular weight excluding hydrogens is 302 g/mol. The molecule has 0 aliphatic heterocycles. The summed E-state index contributed by atoms with van der Waals surface area (Å²) in [6.45, 7) is 0. The zero-order chi connectivity index (χ0) is 14.8. The van der Waals surface area contributed by atoms with Crippen LogP contribution in [0.3, 0.4) is 0 Å². The highest BCUT2D eigenvalue weighted by molar-refractivity contribution is 7.92. The molecule has 7 heteroatoms. The third kappa shape index (κ3) is 2.97. The van der Waals surface area contributed by atoms with E-state index < -0.39 is 10.0 Å². The first-order valence-electron chi connectivity index (χ1n) is 5.58. The molecule has 2 aromatic rings. The van der Waals surface area contributed by atoms with Crippen LogP contribution < -0.4 is 9.46 Å². The lowest BCUT2D eigenvalue weighted by Gasteiger charge is -2.11. The van der Waals surface area contributed by atoms with Crippen LogP contribution in [0.5, 0.6) is 11.5 Å². The molecule has 0 bridgehead atoms. The first kappa shape index (κ1) is 14.5. The lowest BCUT2D eigenvalue weighted by Crippen LogP contribution is -2.13. The number of phenols is 1. The Bertz CT molecular complexity index is 731. The Morgan fingerprint density at radius 3 is 2.55 bits per heavy atom. The van der Waals surface area contributed by atoms with Crippen molar-refractivity contribution in [2.45, 2.75) is 4.90 Å². The Balaban J connectivity index is 2.38. The molecule has 2 aromatic carbocycles. The quantitative estimate of drug-likeness (QED) is 0.851. The maximum absolute atomic E-state index is 12.2. The molecule has 0 fully saturated rings. The average Bonchev–Trinajstić information content (AvgIpc) is 2.41. The van der Waals surface area contributed by atoms with E-state index in [9.17, 15) is 13.5 Å². The molecule has 106 valence electrons. The van der Waals surface area contributed by atoms with Gasteiger partial charge < -0.3 is 9.84 Å². The highest BCUT2D eigenvalue weighted by Crippen LogP contribution is 2.29. The second kappa shape index (κ2) is 5.60. The van der Waals surface area contributed by atoms with Gasteiger partial charge in [-0.1, -0.05) is 23.7 Å². The maximum atomic E-state index is 12.2. The maximum Gasteiger partial charge on any atom is 0.262 e. The lowest BCUT2D eigenvalue weighted by molar-refractivity contribution is 0.413. The predicted octanol–water partition coefficient (Wildman–Crippen LogP) is 2.86. The summed E-state index contributed by atoms with van der Waals surface area (Å²) in [7, 11) is -2.44. The van der Waals surface area contributed by atoms with E-state index >= 15 is 0 Å². The van der Waals surface area contributed by atoms with Crippen LogP contribution >= 0.6 is 11.6 Å². The second-order valence-corrected chi connectivity index (χ2v) is 6.01. The Hall–Kier alpha value is -1.92. The van der Waals surface area contributed by atoms with Crippen LogP contribution in [-0.2, 0) is 10.0 Å². The van der Waals surface area contributed by atoms with Crippen molar-refractivity contribution in [3.63, 3.8) is 0 Å². The third-order valence-corrected chi connectivity index (χ3v) is 4.26. The van der Waals surface area contributed by atoms with Gasteiger partial charge in [-0.3, -0.25) is 4.72 Å². The summed E-state index contributed by atoms with van der Waals surface area (Å²) in [6, 6.07) is 10.1. The summed E-state index contributed by atoms with van der Waals surface area (Å²) in [5.74, 6) is 0.101. The molecule has 0 aliphatic carbocycles. The first-order chi connectivity index (χ1) is 9.44. The van der Waals surface area contributed by atoms with E-state index in [1.807, 2.05) is 0 Å². The number of nitrogens with one attached hydrogen (secondary N) is 1. The number of halogens is 1. The van der Waals surface area contributed by atoms with Gasteiger partial charge in [0.05, 0.1) is 22.7 Å². The molecule has 0 saturated heterocycles. The molecule has 0 spiro atoms. The topological polar surface area (TPSA) is 75.6 Å². The minimum absolute atomic E-state index is 0.0120. The van der Waals surface area contributed by atoms with Gasteiger partial charge in [-0.05, 0) is 24.3 Å². The van der Waals surface area contributed by atoms with E-state index in [4.69, 9.17) is 16.3 Å². The number of anilines is 1. The molecule has 0 aliphatic rings. The van der Waals surface area contributed by atoms with Crippen molar-refractivity contribution in [3.8, 4) is 11.5 Å². The van der Waals surface area contributed by atoms with E-state index in [1.54, 1.807) is 12.1 Å². The number of phenolic OH excluding ortho intramolecular Hbond substituents is 1. The van der Waals surface area contributed by atoms with Gasteiger partial charge in [0.1, 0.15) is 11.5 Å². The second-order valence-electron chi connectivity index (χ2n) is 3.92. The summed E-state index contributed by atoms with van der Waals surface area (Å²) in [6.07, 6.45) is 0. The summed E-state index contributed by atoms with van der Waals surface area (Å²) in [5.41, 5.74) is 0.0985. The molecule has 20 heavy (non-hydrogen) atoms. The van der Waals surface area contributed by atoms with Crippen LogP contribution in [0.4, 0.5) is 5.69 Å². The molecule has 0 heterocycles. The van der Waals surface area contributed by atoms with Crippen molar-refractivity contribution in [2.75, 3.05) is 11.8 Å². The number of hydrogen-bond acceptors (Lipinski definition) is 4. The Labute approximate surface area is 121 Å². The number of methoxy groups -OCH3 is 1. The minimum Gasteiger partial charge on any atom is -0.506 e. The van der Waals surface area contributed by atoms with Crippen LogP contribution in [0.25, 0.3) is 0 Å². The van der Waals surface area contributed by atoms with Gasteiger partial charge >= 0.3 is 0 Å². The number of para-hydroxylation sites is 2. The minimum atomic E-state index is -3.83. The van der Waals surface area contributed by atoms with Crippen molar-refractivity contribution in [3.05, 3.63) is 47.5 Å². The molecule has 0 amide bonds. The number of benzene rings is 2. The van der Waals surface area contributed by atoms with Crippen molar-refractivity contribution >= 4 is 27.3 Å². The fraction of sp³-hybridized carbons (Fsp3) is 0.0769. The number of ether oxygens (including phenoxy) is 1. The van der Waals surface area contributed by atoms with Crippen molar-refractivity contribution in [2.24, 2.45) is 0 Å². The van der Waals surface area contributed by atoms with Gasteiger partial charge in [0.25, 0.3) is 10.0 Å². The number of sulfonamides is 1. The van der Waals surface area contributed by atoms with E-state index in [0.717, 1.165) is 0 Å². The fourth-order valence-corrected chi connectivity index (χ4v) is 2.85. The molecule has 0 radical (unpaired) electrons. The fourth-order valence-electron chi connectivity index (χ4n) is 1.57. The van der Waals surface area contributed by atoms with E-state index in [2.05, 4.69) is 4.72 Å².